The van der Waals surface area contributed by atoms with Crippen molar-refractivity contribution in [2.24, 2.45) is 0 Å². The molecule has 1 aliphatic heterocycles. The third-order valence-corrected chi connectivity index (χ3v) is 5.09. The average molecular weight is 377 g/mol. The number of carbonyl (C=O) groups excluding carboxylic acids is 3. The number of fused-ring (bicyclic) bond motifs is 2. The Morgan fingerprint density at radius 2 is 1.68 bits per heavy atom. The SMILES string of the molecule is CON(C)C(=O)[C@H](Cc1c[nH]c2ccccc12)N1C(=O)c2ccccc2C1=O. The summed E-state index contributed by atoms with van der Waals surface area (Å²) in [4.78, 5) is 48.1. The van der Waals surface area contributed by atoms with E-state index < -0.39 is 23.8 Å². The van der Waals surface area contributed by atoms with E-state index in [1.165, 1.54) is 14.2 Å². The summed E-state index contributed by atoms with van der Waals surface area (Å²) in [6.45, 7) is 0. The van der Waals surface area contributed by atoms with Crippen LogP contribution in [0.2, 0.25) is 0 Å². The predicted octanol–water partition coefficient (Wildman–Crippen LogP) is 2.39. The lowest BCUT2D eigenvalue weighted by molar-refractivity contribution is -0.172. The molecule has 28 heavy (non-hydrogen) atoms. The lowest BCUT2D eigenvalue weighted by Crippen LogP contribution is -2.50. The number of aromatic amines is 1. The first-order valence-electron chi connectivity index (χ1n) is 8.86. The summed E-state index contributed by atoms with van der Waals surface area (Å²) in [6, 6.07) is 13.3. The van der Waals surface area contributed by atoms with Gasteiger partial charge >= 0.3 is 0 Å². The number of hydroxylamine groups is 2. The number of nitrogens with one attached hydrogen (secondary N) is 1. The molecule has 142 valence electrons. The van der Waals surface area contributed by atoms with Crippen molar-refractivity contribution in [2.75, 3.05) is 14.2 Å². The fourth-order valence-corrected chi connectivity index (χ4v) is 3.59. The van der Waals surface area contributed by atoms with E-state index in [9.17, 15) is 14.4 Å². The van der Waals surface area contributed by atoms with Crippen molar-refractivity contribution in [3.05, 3.63) is 71.4 Å². The van der Waals surface area contributed by atoms with Crippen molar-refractivity contribution in [1.82, 2.24) is 14.9 Å². The average Bonchev–Trinajstić information content (AvgIpc) is 3.25. The minimum Gasteiger partial charge on any atom is -0.361 e. The highest BCUT2D eigenvalue weighted by Crippen LogP contribution is 2.28. The molecule has 1 N–H and O–H groups in total. The summed E-state index contributed by atoms with van der Waals surface area (Å²) in [5, 5.41) is 1.99. The highest BCUT2D eigenvalue weighted by atomic mass is 16.7. The van der Waals surface area contributed by atoms with Gasteiger partial charge in [0.2, 0.25) is 0 Å². The number of carbonyl (C=O) groups is 3. The lowest BCUT2D eigenvalue weighted by atomic mass is 10.0. The van der Waals surface area contributed by atoms with Crippen LogP contribution in [0.25, 0.3) is 10.9 Å². The largest absolute Gasteiger partial charge is 0.361 e. The number of H-pyrrole nitrogens is 1. The second-order valence-corrected chi connectivity index (χ2v) is 6.62. The van der Waals surface area contributed by atoms with Crippen LogP contribution in [0.3, 0.4) is 0 Å². The molecule has 4 rings (SSSR count). The van der Waals surface area contributed by atoms with Gasteiger partial charge in [0.05, 0.1) is 18.2 Å². The Hall–Kier alpha value is -3.45. The summed E-state index contributed by atoms with van der Waals surface area (Å²) in [5.74, 6) is -1.41. The number of benzene rings is 2. The minimum absolute atomic E-state index is 0.183. The number of amides is 3. The molecule has 7 nitrogen and oxygen atoms in total. The van der Waals surface area contributed by atoms with E-state index in [2.05, 4.69) is 4.98 Å². The maximum Gasteiger partial charge on any atom is 0.269 e. The second kappa shape index (κ2) is 6.94. The molecule has 1 aromatic heterocycles. The molecule has 0 saturated heterocycles. The van der Waals surface area contributed by atoms with Crippen LogP contribution in [0.4, 0.5) is 0 Å². The fraction of sp³-hybridized carbons (Fsp3) is 0.190. The molecule has 0 saturated carbocycles. The Kier molecular flexibility index (Phi) is 4.44. The van der Waals surface area contributed by atoms with Crippen LogP contribution < -0.4 is 0 Å². The first-order valence-corrected chi connectivity index (χ1v) is 8.86. The molecular formula is C21H19N3O4. The van der Waals surface area contributed by atoms with E-state index in [4.69, 9.17) is 4.84 Å². The standard InChI is InChI=1S/C21H19N3O4/c1-23(28-2)21(27)18(11-13-12-22-17-10-6-5-7-14(13)17)24-19(25)15-8-3-4-9-16(15)20(24)26/h3-10,12,18,22H,11H2,1-2H3/t18-/m0/s1. The zero-order chi connectivity index (χ0) is 19.8. The van der Waals surface area contributed by atoms with Gasteiger partial charge in [0.15, 0.2) is 0 Å². The van der Waals surface area contributed by atoms with Crippen molar-refractivity contribution in [1.29, 1.82) is 0 Å². The van der Waals surface area contributed by atoms with Crippen LogP contribution in [0, 0.1) is 0 Å². The minimum atomic E-state index is -1.02. The summed E-state index contributed by atoms with van der Waals surface area (Å²) in [5.41, 5.74) is 2.38. The van der Waals surface area contributed by atoms with Gasteiger partial charge in [-0.1, -0.05) is 30.3 Å². The van der Waals surface area contributed by atoms with E-state index >= 15 is 0 Å². The summed E-state index contributed by atoms with van der Waals surface area (Å²) >= 11 is 0. The van der Waals surface area contributed by atoms with Gasteiger partial charge in [-0.3, -0.25) is 24.1 Å². The predicted molar refractivity (Wildman–Crippen MR) is 103 cm³/mol. The third kappa shape index (κ3) is 2.76. The van der Waals surface area contributed by atoms with E-state index in [1.807, 2.05) is 24.3 Å². The van der Waals surface area contributed by atoms with Crippen LogP contribution in [-0.2, 0) is 16.1 Å². The molecule has 0 radical (unpaired) electrons. The smallest absolute Gasteiger partial charge is 0.269 e. The number of imide groups is 1. The number of hydrogen-bond acceptors (Lipinski definition) is 4. The van der Waals surface area contributed by atoms with E-state index in [1.54, 1.807) is 30.5 Å². The van der Waals surface area contributed by atoms with Crippen molar-refractivity contribution < 1.29 is 19.2 Å². The summed E-state index contributed by atoms with van der Waals surface area (Å²) in [7, 11) is 2.83. The van der Waals surface area contributed by atoms with Gasteiger partial charge in [-0.2, -0.15) is 0 Å². The number of para-hydroxylation sites is 1. The number of nitrogens with zero attached hydrogens (tertiary/aromatic N) is 2. The van der Waals surface area contributed by atoms with Crippen LogP contribution in [0.15, 0.2) is 54.7 Å². The van der Waals surface area contributed by atoms with E-state index in [0.717, 1.165) is 26.4 Å². The zero-order valence-electron chi connectivity index (χ0n) is 15.5. The van der Waals surface area contributed by atoms with Crippen LogP contribution in [0.5, 0.6) is 0 Å². The molecule has 0 bridgehead atoms. The lowest BCUT2D eigenvalue weighted by Gasteiger charge is -2.28. The molecule has 3 amide bonds. The zero-order valence-corrected chi connectivity index (χ0v) is 15.5. The van der Waals surface area contributed by atoms with Gasteiger partial charge in [0.1, 0.15) is 6.04 Å². The quantitative estimate of drug-likeness (QED) is 0.547. The molecule has 2 aromatic carbocycles. The van der Waals surface area contributed by atoms with Gasteiger partial charge in [0.25, 0.3) is 17.7 Å². The topological polar surface area (TPSA) is 82.7 Å². The highest BCUT2D eigenvalue weighted by Gasteiger charge is 2.43. The number of aromatic nitrogens is 1. The van der Waals surface area contributed by atoms with Crippen LogP contribution in [0.1, 0.15) is 26.3 Å². The Bertz CT molecular complexity index is 1050. The molecule has 0 unspecified atom stereocenters. The van der Waals surface area contributed by atoms with Crippen LogP contribution >= 0.6 is 0 Å². The first-order chi connectivity index (χ1) is 13.5. The molecule has 0 fully saturated rings. The molecule has 7 heteroatoms. The molecule has 1 atom stereocenters. The van der Waals surface area contributed by atoms with E-state index in [0.29, 0.717) is 11.1 Å². The summed E-state index contributed by atoms with van der Waals surface area (Å²) in [6.07, 6.45) is 1.98. The Labute approximate surface area is 161 Å². The van der Waals surface area contributed by atoms with Gasteiger partial charge in [0, 0.05) is 30.6 Å². The molecule has 1 aliphatic rings. The van der Waals surface area contributed by atoms with Gasteiger partial charge < -0.3 is 4.98 Å². The Morgan fingerprint density at radius 3 is 2.32 bits per heavy atom. The van der Waals surface area contributed by atoms with Crippen LogP contribution in [-0.4, -0.2) is 52.9 Å². The summed E-state index contributed by atoms with van der Waals surface area (Å²) < 4.78 is 0. The van der Waals surface area contributed by atoms with Crippen molar-refractivity contribution in [2.45, 2.75) is 12.5 Å². The first kappa shape index (κ1) is 17.9. The molecule has 3 aromatic rings. The van der Waals surface area contributed by atoms with Gasteiger partial charge in [-0.15, -0.1) is 0 Å². The normalized spacial score (nSPS) is 14.4. The Balaban J connectivity index is 1.76. The molecular weight excluding hydrogens is 358 g/mol. The molecule has 0 spiro atoms. The maximum absolute atomic E-state index is 13.0. The third-order valence-electron chi connectivity index (χ3n) is 5.09. The van der Waals surface area contributed by atoms with E-state index in [-0.39, 0.29) is 6.42 Å². The maximum atomic E-state index is 13.0. The van der Waals surface area contributed by atoms with Crippen molar-refractivity contribution in [3.63, 3.8) is 0 Å². The monoisotopic (exact) mass is 377 g/mol. The van der Waals surface area contributed by atoms with Crippen molar-refractivity contribution in [3.8, 4) is 0 Å². The number of hydrogen-bond donors (Lipinski definition) is 1. The fourth-order valence-electron chi connectivity index (χ4n) is 3.59. The highest BCUT2D eigenvalue weighted by molar-refractivity contribution is 6.22. The number of likely N-dealkylation sites (N-methyl/N-ethyl adjacent to an activating group) is 1. The molecule has 0 aliphatic carbocycles. The van der Waals surface area contributed by atoms with Crippen molar-refractivity contribution >= 4 is 28.6 Å². The van der Waals surface area contributed by atoms with Gasteiger partial charge in [-0.25, -0.2) is 5.06 Å². The number of rotatable bonds is 5. The molecule has 2 heterocycles. The second-order valence-electron chi connectivity index (χ2n) is 6.62. The van der Waals surface area contributed by atoms with Gasteiger partial charge in [-0.05, 0) is 23.8 Å². The Morgan fingerprint density at radius 1 is 1.07 bits per heavy atom.